The van der Waals surface area contributed by atoms with E-state index in [9.17, 15) is 0 Å². The monoisotopic (exact) mass is 365 g/mol. The highest BCUT2D eigenvalue weighted by molar-refractivity contribution is 7.82. The van der Waals surface area contributed by atoms with Crippen molar-refractivity contribution in [2.75, 3.05) is 4.31 Å². The molecule has 0 aromatic heterocycles. The predicted molar refractivity (Wildman–Crippen MR) is 104 cm³/mol. The van der Waals surface area contributed by atoms with E-state index in [1.807, 2.05) is 28.6 Å². The number of benzene rings is 2. The van der Waals surface area contributed by atoms with Gasteiger partial charge in [-0.15, -0.1) is 0 Å². The maximum atomic E-state index is 6.77. The molecule has 3 rings (SSSR count). The van der Waals surface area contributed by atoms with Crippen molar-refractivity contribution in [3.8, 4) is 0 Å². The Hall–Kier alpha value is -0.830. The highest BCUT2D eigenvalue weighted by Gasteiger charge is 2.39. The summed E-state index contributed by atoms with van der Waals surface area (Å²) in [6.45, 7) is 4.52. The fraction of sp³-hybridized carbons (Fsp3) is 0.368. The van der Waals surface area contributed by atoms with Crippen LogP contribution in [0.3, 0.4) is 0 Å². The van der Waals surface area contributed by atoms with Crippen LogP contribution in [0.1, 0.15) is 43.4 Å². The van der Waals surface area contributed by atoms with Gasteiger partial charge < -0.3 is 0 Å². The number of hydrogen-bond donors (Lipinski definition) is 1. The fourth-order valence-electron chi connectivity index (χ4n) is 2.99. The van der Waals surface area contributed by atoms with Crippen LogP contribution in [0.25, 0.3) is 0 Å². The van der Waals surface area contributed by atoms with Crippen molar-refractivity contribution < 1.29 is 0 Å². The third-order valence-electron chi connectivity index (χ3n) is 4.72. The smallest absolute Gasteiger partial charge is 0.172 e. The molecule has 0 fully saturated rings. The molecule has 2 aromatic carbocycles. The van der Waals surface area contributed by atoms with Crippen LogP contribution in [-0.4, -0.2) is 0 Å². The summed E-state index contributed by atoms with van der Waals surface area (Å²) in [4.78, 5) is 0. The maximum absolute atomic E-state index is 6.77. The molecule has 1 nitrogen and oxygen atoms in total. The minimum atomic E-state index is -1.04. The molecule has 4 heteroatoms. The van der Waals surface area contributed by atoms with Gasteiger partial charge in [0.25, 0.3) is 0 Å². The zero-order valence-corrected chi connectivity index (χ0v) is 15.8. The predicted octanol–water partition coefficient (Wildman–Crippen LogP) is 6.64. The van der Waals surface area contributed by atoms with Gasteiger partial charge in [0.05, 0.1) is 11.4 Å². The number of alkyl halides is 2. The topological polar surface area (TPSA) is 3.24 Å². The summed E-state index contributed by atoms with van der Waals surface area (Å²) in [6, 6.07) is 14.2. The molecule has 122 valence electrons. The lowest BCUT2D eigenvalue weighted by atomic mass is 9.92. The molecule has 0 N–H and O–H groups in total. The van der Waals surface area contributed by atoms with Crippen LogP contribution in [0.15, 0.2) is 42.5 Å². The number of rotatable bonds is 4. The Morgan fingerprint density at radius 2 is 1.78 bits per heavy atom. The van der Waals surface area contributed by atoms with E-state index in [1.165, 1.54) is 18.4 Å². The Labute approximate surface area is 154 Å². The van der Waals surface area contributed by atoms with Crippen molar-refractivity contribution in [2.45, 2.75) is 37.4 Å². The highest BCUT2D eigenvalue weighted by Crippen LogP contribution is 2.54. The molecule has 0 spiro atoms. The Morgan fingerprint density at radius 3 is 2.52 bits per heavy atom. The summed E-state index contributed by atoms with van der Waals surface area (Å²) in [5, 5.41) is 0. The quantitative estimate of drug-likeness (QED) is 0.469. The second-order valence-electron chi connectivity index (χ2n) is 6.31. The summed E-state index contributed by atoms with van der Waals surface area (Å²) >= 11 is 18.2. The third-order valence-corrected chi connectivity index (χ3v) is 5.97. The number of hydrogen-bond acceptors (Lipinski definition) is 2. The molecule has 1 heterocycles. The Bertz CT molecular complexity index is 714. The number of fused-ring (bicyclic) bond motifs is 2. The average Bonchev–Trinajstić information content (AvgIpc) is 2.57. The summed E-state index contributed by atoms with van der Waals surface area (Å²) in [7, 11) is 0. The molecular weight excluding hydrogens is 345 g/mol. The highest BCUT2D eigenvalue weighted by atomic mass is 35.5. The maximum Gasteiger partial charge on any atom is 0.172 e. The molecule has 1 aliphatic rings. The van der Waals surface area contributed by atoms with Crippen LogP contribution in [0.2, 0.25) is 0 Å². The Morgan fingerprint density at radius 1 is 1.09 bits per heavy atom. The van der Waals surface area contributed by atoms with E-state index in [0.29, 0.717) is 0 Å². The minimum absolute atomic E-state index is 0.727. The SMILES string of the molecule is CC[C@H](C)CCc1ccc2c(c1)C(Cl)(Cl)c1ccccc1N2S. The molecule has 1 atom stereocenters. The van der Waals surface area contributed by atoms with E-state index < -0.39 is 4.33 Å². The largest absolute Gasteiger partial charge is 0.286 e. The van der Waals surface area contributed by atoms with Crippen LogP contribution >= 0.6 is 36.0 Å². The summed E-state index contributed by atoms with van der Waals surface area (Å²) in [5.74, 6) is 0.727. The van der Waals surface area contributed by atoms with Crippen molar-refractivity contribution in [3.05, 3.63) is 59.2 Å². The zero-order chi connectivity index (χ0) is 16.6. The molecule has 0 aliphatic carbocycles. The van der Waals surface area contributed by atoms with Gasteiger partial charge in [-0.2, -0.15) is 0 Å². The third kappa shape index (κ3) is 3.09. The first-order valence-corrected chi connectivity index (χ1v) is 9.20. The van der Waals surface area contributed by atoms with E-state index in [2.05, 4.69) is 44.9 Å². The van der Waals surface area contributed by atoms with Crippen LogP contribution in [-0.2, 0) is 10.8 Å². The Balaban J connectivity index is 2.00. The van der Waals surface area contributed by atoms with Crippen molar-refractivity contribution in [3.63, 3.8) is 0 Å². The first-order valence-electron chi connectivity index (χ1n) is 8.05. The van der Waals surface area contributed by atoms with Crippen molar-refractivity contribution in [1.82, 2.24) is 0 Å². The summed E-state index contributed by atoms with van der Waals surface area (Å²) < 4.78 is 0.823. The average molecular weight is 366 g/mol. The molecule has 0 saturated carbocycles. The van der Waals surface area contributed by atoms with Gasteiger partial charge in [-0.05, 0) is 36.5 Å². The standard InChI is InChI=1S/C19H21Cl2NS/c1-3-13(2)8-9-14-10-11-18-16(12-14)19(20,21)15-6-4-5-7-17(15)22(18)23/h4-7,10-13,23H,3,8-9H2,1-2H3/t13-/m0/s1. The van der Waals surface area contributed by atoms with E-state index in [-0.39, 0.29) is 0 Å². The van der Waals surface area contributed by atoms with Gasteiger partial charge in [0.2, 0.25) is 0 Å². The summed E-state index contributed by atoms with van der Waals surface area (Å²) in [6.07, 6.45) is 3.42. The van der Waals surface area contributed by atoms with Gasteiger partial charge in [0.15, 0.2) is 4.33 Å². The van der Waals surface area contributed by atoms with Crippen LogP contribution in [0.5, 0.6) is 0 Å². The van der Waals surface area contributed by atoms with Gasteiger partial charge in [0.1, 0.15) is 0 Å². The molecule has 0 unspecified atom stereocenters. The van der Waals surface area contributed by atoms with Crippen molar-refractivity contribution >= 4 is 47.4 Å². The molecule has 0 bridgehead atoms. The van der Waals surface area contributed by atoms with Gasteiger partial charge in [-0.3, -0.25) is 4.31 Å². The number of aryl methyl sites for hydroxylation is 1. The molecule has 0 saturated heterocycles. The normalized spacial score (nSPS) is 16.7. The molecule has 2 aromatic rings. The van der Waals surface area contributed by atoms with Crippen LogP contribution in [0.4, 0.5) is 11.4 Å². The lowest BCUT2D eigenvalue weighted by Gasteiger charge is -2.36. The lowest BCUT2D eigenvalue weighted by molar-refractivity contribution is 0.516. The van der Waals surface area contributed by atoms with Crippen molar-refractivity contribution in [1.29, 1.82) is 0 Å². The first-order chi connectivity index (χ1) is 10.9. The second kappa shape index (κ2) is 6.58. The van der Waals surface area contributed by atoms with Crippen molar-refractivity contribution in [2.24, 2.45) is 5.92 Å². The molecule has 0 radical (unpaired) electrons. The van der Waals surface area contributed by atoms with E-state index >= 15 is 0 Å². The molecular formula is C19H21Cl2NS. The molecule has 1 aliphatic heterocycles. The van der Waals surface area contributed by atoms with Gasteiger partial charge in [-0.25, -0.2) is 0 Å². The fourth-order valence-corrected chi connectivity index (χ4v) is 3.96. The summed E-state index contributed by atoms with van der Waals surface area (Å²) in [5.41, 5.74) is 4.95. The van der Waals surface area contributed by atoms with Crippen LogP contribution < -0.4 is 4.31 Å². The number of halogens is 2. The lowest BCUT2D eigenvalue weighted by Crippen LogP contribution is -2.25. The minimum Gasteiger partial charge on any atom is -0.286 e. The number of anilines is 2. The van der Waals surface area contributed by atoms with Gasteiger partial charge in [-0.1, -0.05) is 86.6 Å². The van der Waals surface area contributed by atoms with Crippen LogP contribution in [0, 0.1) is 5.92 Å². The second-order valence-corrected chi connectivity index (χ2v) is 8.03. The van der Waals surface area contributed by atoms with E-state index in [4.69, 9.17) is 23.2 Å². The number of nitrogens with zero attached hydrogens (tertiary/aromatic N) is 1. The molecule has 0 amide bonds. The zero-order valence-electron chi connectivity index (χ0n) is 13.4. The number of thiol groups is 1. The number of para-hydroxylation sites is 1. The Kier molecular flexibility index (Phi) is 4.87. The van der Waals surface area contributed by atoms with Gasteiger partial charge >= 0.3 is 0 Å². The van der Waals surface area contributed by atoms with E-state index in [1.54, 1.807) is 0 Å². The molecule has 23 heavy (non-hydrogen) atoms. The first kappa shape index (κ1) is 17.0. The van der Waals surface area contributed by atoms with E-state index in [0.717, 1.165) is 34.8 Å². The van der Waals surface area contributed by atoms with Gasteiger partial charge in [0, 0.05) is 11.1 Å².